The fourth-order valence-corrected chi connectivity index (χ4v) is 1.76. The number of rotatable bonds is 5. The van der Waals surface area contributed by atoms with Crippen LogP contribution in [0.2, 0.25) is 0 Å². The average Bonchev–Trinajstić information content (AvgIpc) is 2.54. The number of methoxy groups -OCH3 is 1. The van der Waals surface area contributed by atoms with Gasteiger partial charge in [-0.15, -0.1) is 4.59 Å². The maximum Gasteiger partial charge on any atom is 0.379 e. The van der Waals surface area contributed by atoms with E-state index in [0.29, 0.717) is 0 Å². The molecule has 0 aliphatic carbocycles. The first-order chi connectivity index (χ1) is 9.08. The number of amides is 1. The van der Waals surface area contributed by atoms with Crippen LogP contribution in [0.5, 0.6) is 0 Å². The molecule has 1 heterocycles. The summed E-state index contributed by atoms with van der Waals surface area (Å²) in [5.74, 6) is -1.62. The summed E-state index contributed by atoms with van der Waals surface area (Å²) in [5.41, 5.74) is -0.308. The number of nitrogens with zero attached hydrogens (tertiary/aromatic N) is 2. The highest BCUT2D eigenvalue weighted by Crippen LogP contribution is 2.21. The molecule has 1 rings (SSSR count). The molecule has 0 N–H and O–H groups in total. The van der Waals surface area contributed by atoms with E-state index in [2.05, 4.69) is 14.0 Å². The predicted octanol–water partition coefficient (Wildman–Crippen LogP) is -1.87. The highest BCUT2D eigenvalue weighted by Gasteiger charge is 2.44. The van der Waals surface area contributed by atoms with Gasteiger partial charge in [0.05, 0.1) is 12.2 Å². The third-order valence-corrected chi connectivity index (χ3v) is 2.87. The Morgan fingerprint density at radius 1 is 1.35 bits per heavy atom. The van der Waals surface area contributed by atoms with E-state index in [1.54, 1.807) is 0 Å². The zero-order valence-corrected chi connectivity index (χ0v) is 12.4. The molecule has 1 aliphatic rings. The molecule has 10 heteroatoms. The second kappa shape index (κ2) is 5.77. The van der Waals surface area contributed by atoms with Crippen molar-refractivity contribution in [3.63, 3.8) is 0 Å². The molecule has 9 nitrogen and oxygen atoms in total. The van der Waals surface area contributed by atoms with Crippen LogP contribution in [0, 0.1) is 0 Å². The molecule has 0 unspecified atom stereocenters. The number of carbonyl (C=O) groups excluding carboxylic acids is 1. The molecule has 0 saturated heterocycles. The molecule has 0 aromatic heterocycles. The van der Waals surface area contributed by atoms with Crippen LogP contribution >= 0.6 is 0 Å². The van der Waals surface area contributed by atoms with Crippen molar-refractivity contribution in [2.45, 2.75) is 0 Å². The quantitative estimate of drug-likeness (QED) is 0.192. The second-order valence-electron chi connectivity index (χ2n) is 4.35. The van der Waals surface area contributed by atoms with Gasteiger partial charge in [-0.05, 0) is 12.2 Å². The topological polar surface area (TPSA) is 114 Å². The van der Waals surface area contributed by atoms with Crippen molar-refractivity contribution >= 4 is 21.9 Å². The van der Waals surface area contributed by atoms with E-state index in [1.807, 2.05) is 0 Å². The van der Waals surface area contributed by atoms with Gasteiger partial charge in [-0.3, -0.25) is 4.18 Å². The van der Waals surface area contributed by atoms with Crippen molar-refractivity contribution < 1.29 is 36.6 Å². The lowest BCUT2D eigenvalue weighted by Gasteiger charge is -2.14. The largest absolute Gasteiger partial charge is 0.616 e. The van der Waals surface area contributed by atoms with Gasteiger partial charge in [0.1, 0.15) is 27.3 Å². The van der Waals surface area contributed by atoms with Gasteiger partial charge in [-0.1, -0.05) is 0 Å². The molecule has 0 spiro atoms. The first-order valence-electron chi connectivity index (χ1n) is 5.50. The van der Waals surface area contributed by atoms with Crippen LogP contribution in [0.4, 0.5) is 0 Å². The monoisotopic (exact) mass is 308 g/mol. The minimum Gasteiger partial charge on any atom is -0.616 e. The van der Waals surface area contributed by atoms with Crippen LogP contribution in [-0.4, -0.2) is 65.5 Å². The Kier molecular flexibility index (Phi) is 4.73. The fraction of sp³-hybridized carbons (Fsp3) is 0.600. The van der Waals surface area contributed by atoms with Crippen LogP contribution in [0.25, 0.3) is 0 Å². The van der Waals surface area contributed by atoms with E-state index in [-0.39, 0.29) is 24.7 Å². The molecule has 0 radical (unpaired) electrons. The van der Waals surface area contributed by atoms with Gasteiger partial charge in [-0.2, -0.15) is 8.42 Å². The Morgan fingerprint density at radius 2 is 1.95 bits per heavy atom. The molecular formula is C10H16N2O7S. The van der Waals surface area contributed by atoms with Gasteiger partial charge < -0.3 is 14.6 Å². The maximum absolute atomic E-state index is 11.9. The lowest BCUT2D eigenvalue weighted by atomic mass is 10.2. The molecule has 0 bridgehead atoms. The number of carbonyl (C=O) groups is 1. The Balaban J connectivity index is 2.79. The van der Waals surface area contributed by atoms with Gasteiger partial charge in [0.2, 0.25) is 0 Å². The van der Waals surface area contributed by atoms with Crippen molar-refractivity contribution in [3.8, 4) is 0 Å². The molecule has 0 fully saturated rings. The van der Waals surface area contributed by atoms with Crippen molar-refractivity contribution in [2.75, 3.05) is 40.7 Å². The molecule has 0 aromatic rings. The van der Waals surface area contributed by atoms with Crippen LogP contribution < -0.4 is 5.11 Å². The number of ether oxygens (including phenoxy) is 2. The second-order valence-corrected chi connectivity index (χ2v) is 5.99. The smallest absolute Gasteiger partial charge is 0.379 e. The van der Waals surface area contributed by atoms with Crippen molar-refractivity contribution in [3.05, 3.63) is 11.5 Å². The van der Waals surface area contributed by atoms with E-state index < -0.39 is 26.6 Å². The summed E-state index contributed by atoms with van der Waals surface area (Å²) in [4.78, 5) is 11.9. The Hall–Kier alpha value is -1.65. The highest BCUT2D eigenvalue weighted by molar-refractivity contribution is 7.85. The predicted molar refractivity (Wildman–Crippen MR) is 65.3 cm³/mol. The molecule has 0 aromatic carbocycles. The summed E-state index contributed by atoms with van der Waals surface area (Å²) in [5, 5.41) is 15.5. The number of hydrogen-bond donors (Lipinski definition) is 0. The van der Waals surface area contributed by atoms with Gasteiger partial charge in [0, 0.05) is 0 Å². The summed E-state index contributed by atoms with van der Waals surface area (Å²) < 4.78 is 35.2. The lowest BCUT2D eigenvalue weighted by Crippen LogP contribution is -2.37. The summed E-state index contributed by atoms with van der Waals surface area (Å²) in [7, 11) is 0.487. The molecule has 1 amide bonds. The normalized spacial score (nSPS) is 20.6. The van der Waals surface area contributed by atoms with E-state index in [1.165, 1.54) is 14.1 Å². The molecule has 0 atom stereocenters. The Morgan fingerprint density at radius 3 is 2.45 bits per heavy atom. The van der Waals surface area contributed by atoms with Crippen LogP contribution in [0.1, 0.15) is 0 Å². The van der Waals surface area contributed by atoms with Crippen LogP contribution in [0.3, 0.4) is 0 Å². The van der Waals surface area contributed by atoms with Crippen molar-refractivity contribution in [2.24, 2.45) is 5.10 Å². The first kappa shape index (κ1) is 16.4. The third-order valence-electron chi connectivity index (χ3n) is 2.27. The minimum atomic E-state index is -3.58. The van der Waals surface area contributed by atoms with E-state index in [0.717, 1.165) is 13.4 Å². The van der Waals surface area contributed by atoms with E-state index >= 15 is 0 Å². The zero-order valence-electron chi connectivity index (χ0n) is 11.6. The number of likely N-dealkylation sites (N-methyl/N-ethyl adjacent to an activating group) is 1. The molecule has 1 aliphatic heterocycles. The van der Waals surface area contributed by atoms with E-state index in [9.17, 15) is 18.3 Å². The van der Waals surface area contributed by atoms with Crippen LogP contribution in [0.15, 0.2) is 16.6 Å². The lowest BCUT2D eigenvalue weighted by molar-refractivity contribution is -0.815. The van der Waals surface area contributed by atoms with Gasteiger partial charge in [-0.25, -0.2) is 4.79 Å². The van der Waals surface area contributed by atoms with Crippen molar-refractivity contribution in [1.82, 2.24) is 0 Å². The van der Waals surface area contributed by atoms with Crippen LogP contribution in [-0.2, 0) is 28.6 Å². The standard InChI is InChI=1S/C10H16N2O7S/c1-12(2)9(13)7(10(14)17-3)8(11-12)18-5-6-19-20(4,15)16/h5-6H2,1-4H3. The highest BCUT2D eigenvalue weighted by atomic mass is 32.2. The fourth-order valence-electron chi connectivity index (χ4n) is 1.39. The van der Waals surface area contributed by atoms with Gasteiger partial charge in [0.25, 0.3) is 16.0 Å². The van der Waals surface area contributed by atoms with Gasteiger partial charge >= 0.3 is 5.91 Å². The molecule has 20 heavy (non-hydrogen) atoms. The summed E-state index contributed by atoms with van der Waals surface area (Å²) >= 11 is 0. The number of hydrogen-bond acceptors (Lipinski definition) is 8. The van der Waals surface area contributed by atoms with E-state index in [4.69, 9.17) is 4.74 Å². The SMILES string of the molecule is CO/C([O-])=C1/C(=O)[N+](C)(C)N=C1OCCOS(C)(=O)=O. The molecule has 0 saturated carbocycles. The van der Waals surface area contributed by atoms with Crippen molar-refractivity contribution in [1.29, 1.82) is 0 Å². The Bertz CT molecular complexity index is 562. The van der Waals surface area contributed by atoms with Gasteiger partial charge in [0.15, 0.2) is 5.57 Å². The summed E-state index contributed by atoms with van der Waals surface area (Å²) in [6.07, 6.45) is 0.898. The number of quaternary nitrogens is 1. The maximum atomic E-state index is 11.9. The summed E-state index contributed by atoms with van der Waals surface area (Å²) in [6.45, 7) is -0.437. The first-order valence-corrected chi connectivity index (χ1v) is 7.32. The minimum absolute atomic E-state index is 0.181. The molecular weight excluding hydrogens is 292 g/mol. The zero-order chi connectivity index (χ0) is 15.6. The third kappa shape index (κ3) is 3.92. The molecule has 114 valence electrons. The Labute approximate surface area is 116 Å². The summed E-state index contributed by atoms with van der Waals surface area (Å²) in [6, 6.07) is 0. The average molecular weight is 308 g/mol.